The van der Waals surface area contributed by atoms with Crippen molar-refractivity contribution in [1.29, 1.82) is 0 Å². The molecule has 8 nitrogen and oxygen atoms in total. The van der Waals surface area contributed by atoms with Gasteiger partial charge >= 0.3 is 5.97 Å². The van der Waals surface area contributed by atoms with E-state index < -0.39 is 17.9 Å². The summed E-state index contributed by atoms with van der Waals surface area (Å²) in [5.41, 5.74) is 0.837. The highest BCUT2D eigenvalue weighted by Gasteiger charge is 2.22. The van der Waals surface area contributed by atoms with E-state index >= 15 is 0 Å². The third-order valence-electron chi connectivity index (χ3n) is 2.98. The number of carbonyl (C=O) groups excluding carboxylic acids is 1. The molecule has 0 aliphatic rings. The Hall–Kier alpha value is -2.77. The number of carboxylic acid groups (broad SMARTS) is 1. The quantitative estimate of drug-likeness (QED) is 0.820. The van der Waals surface area contributed by atoms with Gasteiger partial charge in [0.05, 0.1) is 29.8 Å². The van der Waals surface area contributed by atoms with Crippen LogP contribution in [-0.2, 0) is 4.79 Å². The second kappa shape index (κ2) is 6.79. The molecule has 0 aromatic carbocycles. The smallest absolute Gasteiger partial charge is 0.326 e. The molecule has 1 atom stereocenters. The number of rotatable bonds is 6. The molecule has 8 heteroatoms. The Bertz CT molecular complexity index is 654. The molecule has 22 heavy (non-hydrogen) atoms. The molecule has 2 rings (SSSR count). The van der Waals surface area contributed by atoms with E-state index in [1.807, 2.05) is 13.8 Å². The monoisotopic (exact) mass is 303 g/mol. The zero-order valence-corrected chi connectivity index (χ0v) is 12.3. The highest BCUT2D eigenvalue weighted by atomic mass is 16.4. The van der Waals surface area contributed by atoms with E-state index in [0.717, 1.165) is 0 Å². The number of carboxylic acids is 1. The molecule has 0 fully saturated rings. The van der Waals surface area contributed by atoms with Crippen molar-refractivity contribution in [3.8, 4) is 5.69 Å². The average Bonchev–Trinajstić information content (AvgIpc) is 3.00. The minimum Gasteiger partial charge on any atom is -0.480 e. The molecule has 0 saturated heterocycles. The predicted octanol–water partition coefficient (Wildman–Crippen LogP) is 0.891. The SMILES string of the molecule is CC(C)CC(NC(=O)c1cncc(-n2ccnn2)c1)C(=O)O. The maximum atomic E-state index is 12.2. The number of amides is 1. The Labute approximate surface area is 127 Å². The van der Waals surface area contributed by atoms with Crippen molar-refractivity contribution in [2.24, 2.45) is 5.92 Å². The Kier molecular flexibility index (Phi) is 4.82. The fourth-order valence-corrected chi connectivity index (χ4v) is 1.96. The topological polar surface area (TPSA) is 110 Å². The van der Waals surface area contributed by atoms with Gasteiger partial charge in [0.1, 0.15) is 6.04 Å². The molecule has 0 radical (unpaired) electrons. The molecule has 0 spiro atoms. The Morgan fingerprint density at radius 3 is 2.73 bits per heavy atom. The normalized spacial score (nSPS) is 12.1. The van der Waals surface area contributed by atoms with Crippen LogP contribution in [0.5, 0.6) is 0 Å². The predicted molar refractivity (Wildman–Crippen MR) is 77.5 cm³/mol. The van der Waals surface area contributed by atoms with Crippen LogP contribution in [0.4, 0.5) is 0 Å². The second-order valence-corrected chi connectivity index (χ2v) is 5.27. The highest BCUT2D eigenvalue weighted by molar-refractivity contribution is 5.96. The summed E-state index contributed by atoms with van der Waals surface area (Å²) in [6, 6.07) is 0.646. The van der Waals surface area contributed by atoms with Gasteiger partial charge in [-0.15, -0.1) is 5.10 Å². The van der Waals surface area contributed by atoms with E-state index in [0.29, 0.717) is 12.1 Å². The first-order valence-corrected chi connectivity index (χ1v) is 6.82. The molecular weight excluding hydrogens is 286 g/mol. The van der Waals surface area contributed by atoms with Crippen molar-refractivity contribution >= 4 is 11.9 Å². The fourth-order valence-electron chi connectivity index (χ4n) is 1.96. The lowest BCUT2D eigenvalue weighted by Gasteiger charge is -2.16. The van der Waals surface area contributed by atoms with E-state index in [9.17, 15) is 14.7 Å². The summed E-state index contributed by atoms with van der Waals surface area (Å²) < 4.78 is 1.46. The summed E-state index contributed by atoms with van der Waals surface area (Å²) in [7, 11) is 0. The minimum absolute atomic E-state index is 0.154. The van der Waals surface area contributed by atoms with Crippen molar-refractivity contribution in [3.63, 3.8) is 0 Å². The summed E-state index contributed by atoms with van der Waals surface area (Å²) in [5, 5.41) is 19.2. The number of nitrogens with one attached hydrogen (secondary N) is 1. The van der Waals surface area contributed by atoms with E-state index in [4.69, 9.17) is 0 Å². The van der Waals surface area contributed by atoms with Crippen LogP contribution in [0.3, 0.4) is 0 Å². The molecule has 0 saturated carbocycles. The Balaban J connectivity index is 2.15. The molecule has 2 aromatic heterocycles. The van der Waals surface area contributed by atoms with E-state index in [2.05, 4.69) is 20.6 Å². The van der Waals surface area contributed by atoms with Gasteiger partial charge in [-0.2, -0.15) is 0 Å². The number of aromatic nitrogens is 4. The van der Waals surface area contributed by atoms with Gasteiger partial charge in [0.2, 0.25) is 0 Å². The highest BCUT2D eigenvalue weighted by Crippen LogP contribution is 2.09. The molecule has 1 unspecified atom stereocenters. The van der Waals surface area contributed by atoms with Crippen LogP contribution < -0.4 is 5.32 Å². The van der Waals surface area contributed by atoms with E-state index in [-0.39, 0.29) is 11.5 Å². The van der Waals surface area contributed by atoms with Crippen LogP contribution in [0.25, 0.3) is 5.69 Å². The number of nitrogens with zero attached hydrogens (tertiary/aromatic N) is 4. The Morgan fingerprint density at radius 1 is 1.36 bits per heavy atom. The maximum absolute atomic E-state index is 12.2. The van der Waals surface area contributed by atoms with Crippen molar-refractivity contribution in [2.45, 2.75) is 26.3 Å². The summed E-state index contributed by atoms with van der Waals surface area (Å²) in [5.74, 6) is -1.38. The lowest BCUT2D eigenvalue weighted by Crippen LogP contribution is -2.41. The standard InChI is InChI=1S/C14H17N5O3/c1-9(2)5-12(14(21)22)17-13(20)10-6-11(8-15-7-10)19-4-3-16-18-19/h3-4,6-9,12H,5H2,1-2H3,(H,17,20)(H,21,22). The molecule has 2 aromatic rings. The number of pyridine rings is 1. The number of hydrogen-bond acceptors (Lipinski definition) is 5. The first-order chi connectivity index (χ1) is 10.5. The summed E-state index contributed by atoms with van der Waals surface area (Å²) in [6.45, 7) is 3.80. The van der Waals surface area contributed by atoms with Crippen LogP contribution in [0, 0.1) is 5.92 Å². The third-order valence-corrected chi connectivity index (χ3v) is 2.98. The van der Waals surface area contributed by atoms with Crippen LogP contribution in [0.1, 0.15) is 30.6 Å². The van der Waals surface area contributed by atoms with Gasteiger partial charge in [-0.1, -0.05) is 19.1 Å². The zero-order valence-electron chi connectivity index (χ0n) is 12.3. The molecular formula is C14H17N5O3. The molecule has 0 aliphatic carbocycles. The van der Waals surface area contributed by atoms with E-state index in [1.54, 1.807) is 12.3 Å². The molecule has 2 N–H and O–H groups in total. The zero-order chi connectivity index (χ0) is 16.1. The Morgan fingerprint density at radius 2 is 2.14 bits per heavy atom. The molecule has 1 amide bonds. The van der Waals surface area contributed by atoms with Crippen molar-refractivity contribution in [2.75, 3.05) is 0 Å². The van der Waals surface area contributed by atoms with Crippen molar-refractivity contribution < 1.29 is 14.7 Å². The van der Waals surface area contributed by atoms with Crippen molar-refractivity contribution in [1.82, 2.24) is 25.3 Å². The molecule has 0 bridgehead atoms. The van der Waals surface area contributed by atoms with Gasteiger partial charge in [0.25, 0.3) is 5.91 Å². The van der Waals surface area contributed by atoms with Gasteiger partial charge < -0.3 is 10.4 Å². The van der Waals surface area contributed by atoms with Crippen LogP contribution in [-0.4, -0.2) is 43.0 Å². The van der Waals surface area contributed by atoms with E-state index in [1.165, 1.54) is 23.3 Å². The van der Waals surface area contributed by atoms with Crippen LogP contribution in [0.2, 0.25) is 0 Å². The maximum Gasteiger partial charge on any atom is 0.326 e. The summed E-state index contributed by atoms with van der Waals surface area (Å²) in [6.07, 6.45) is 6.41. The van der Waals surface area contributed by atoms with Gasteiger partial charge in [0, 0.05) is 6.20 Å². The number of aliphatic carboxylic acids is 1. The fraction of sp³-hybridized carbons (Fsp3) is 0.357. The molecule has 0 aliphatic heterocycles. The minimum atomic E-state index is -1.05. The van der Waals surface area contributed by atoms with Crippen LogP contribution in [0.15, 0.2) is 30.9 Å². The lowest BCUT2D eigenvalue weighted by atomic mass is 10.0. The largest absolute Gasteiger partial charge is 0.480 e. The number of hydrogen-bond donors (Lipinski definition) is 2. The first kappa shape index (κ1) is 15.6. The summed E-state index contributed by atoms with van der Waals surface area (Å²) >= 11 is 0. The average molecular weight is 303 g/mol. The first-order valence-electron chi connectivity index (χ1n) is 6.82. The number of carbonyl (C=O) groups is 2. The van der Waals surface area contributed by atoms with Crippen LogP contribution >= 0.6 is 0 Å². The van der Waals surface area contributed by atoms with Gasteiger partial charge in [0.15, 0.2) is 0 Å². The summed E-state index contributed by atoms with van der Waals surface area (Å²) in [4.78, 5) is 27.4. The lowest BCUT2D eigenvalue weighted by molar-refractivity contribution is -0.139. The van der Waals surface area contributed by atoms with Crippen molar-refractivity contribution in [3.05, 3.63) is 36.4 Å². The van der Waals surface area contributed by atoms with Gasteiger partial charge in [-0.25, -0.2) is 9.48 Å². The van der Waals surface area contributed by atoms with Gasteiger partial charge in [-0.05, 0) is 18.4 Å². The molecule has 2 heterocycles. The third kappa shape index (κ3) is 3.87. The van der Waals surface area contributed by atoms with Gasteiger partial charge in [-0.3, -0.25) is 9.78 Å². The molecule has 116 valence electrons. The second-order valence-electron chi connectivity index (χ2n) is 5.27.